The average molecular weight is 327 g/mol. The van der Waals surface area contributed by atoms with Crippen LogP contribution in [0.25, 0.3) is 0 Å². The highest BCUT2D eigenvalue weighted by Crippen LogP contribution is 2.38. The number of nitrogens with zero attached hydrogens (tertiary/aromatic N) is 2. The molecule has 3 rings (SSSR count). The van der Waals surface area contributed by atoms with Gasteiger partial charge in [0.15, 0.2) is 11.6 Å². The van der Waals surface area contributed by atoms with Crippen LogP contribution in [0, 0.1) is 13.8 Å². The largest absolute Gasteiger partial charge is 0.496 e. The Kier molecular flexibility index (Phi) is 4.60. The molecule has 5 nitrogen and oxygen atoms in total. The molecule has 0 aliphatic heterocycles. The normalized spacial score (nSPS) is 13.9. The summed E-state index contributed by atoms with van der Waals surface area (Å²) < 4.78 is 11.7. The Labute approximate surface area is 143 Å². The van der Waals surface area contributed by atoms with Crippen molar-refractivity contribution >= 4 is 5.82 Å². The molecule has 1 aliphatic rings. The van der Waals surface area contributed by atoms with Crippen molar-refractivity contribution in [2.45, 2.75) is 52.5 Å². The number of aromatic nitrogens is 2. The first kappa shape index (κ1) is 16.6. The van der Waals surface area contributed by atoms with Crippen LogP contribution in [-0.4, -0.2) is 23.1 Å². The molecule has 1 saturated carbocycles. The number of anilines is 1. The highest BCUT2D eigenvalue weighted by molar-refractivity contribution is 5.55. The van der Waals surface area contributed by atoms with Gasteiger partial charge < -0.3 is 14.8 Å². The van der Waals surface area contributed by atoms with E-state index in [1.807, 2.05) is 19.9 Å². The van der Waals surface area contributed by atoms with Gasteiger partial charge in [-0.25, -0.2) is 9.97 Å². The van der Waals surface area contributed by atoms with Crippen molar-refractivity contribution in [2.75, 3.05) is 12.4 Å². The molecule has 1 N–H and O–H groups in total. The molecule has 0 radical (unpaired) electrons. The van der Waals surface area contributed by atoms with Crippen molar-refractivity contribution in [3.8, 4) is 17.2 Å². The third-order valence-electron chi connectivity index (χ3n) is 4.16. The number of hydrogen-bond acceptors (Lipinski definition) is 5. The molecule has 1 aliphatic carbocycles. The van der Waals surface area contributed by atoms with Crippen LogP contribution in [0.3, 0.4) is 0 Å². The van der Waals surface area contributed by atoms with E-state index in [9.17, 15) is 0 Å². The maximum atomic E-state index is 6.22. The van der Waals surface area contributed by atoms with Crippen molar-refractivity contribution in [3.63, 3.8) is 0 Å². The Morgan fingerprint density at radius 3 is 2.50 bits per heavy atom. The molecule has 1 aromatic heterocycles. The predicted molar refractivity (Wildman–Crippen MR) is 95.3 cm³/mol. The fraction of sp³-hybridized carbons (Fsp3) is 0.474. The Balaban J connectivity index is 1.98. The molecule has 0 bridgehead atoms. The molecule has 0 saturated heterocycles. The number of methoxy groups -OCH3 is 1. The molecule has 1 fully saturated rings. The number of nitrogens with one attached hydrogen (secondary N) is 1. The fourth-order valence-corrected chi connectivity index (χ4v) is 2.63. The number of hydrogen-bond donors (Lipinski definition) is 1. The van der Waals surface area contributed by atoms with E-state index >= 15 is 0 Å². The monoisotopic (exact) mass is 327 g/mol. The van der Waals surface area contributed by atoms with Crippen molar-refractivity contribution in [1.82, 2.24) is 9.97 Å². The average Bonchev–Trinajstić information content (AvgIpc) is 3.35. The lowest BCUT2D eigenvalue weighted by molar-refractivity contribution is 0.404. The van der Waals surface area contributed by atoms with Crippen LogP contribution < -0.4 is 14.8 Å². The van der Waals surface area contributed by atoms with Crippen molar-refractivity contribution in [3.05, 3.63) is 35.3 Å². The van der Waals surface area contributed by atoms with E-state index in [-0.39, 0.29) is 0 Å². The standard InChI is InChI=1S/C19H25N3O2/c1-11(2)15-8-12(3)16(23-5)9-17(15)24-18-10-20-13(4)21-19(18)22-14-6-7-14/h8-11,14H,6-7H2,1-5H3,(H,20,21,22). The zero-order valence-corrected chi connectivity index (χ0v) is 15.0. The van der Waals surface area contributed by atoms with Crippen molar-refractivity contribution in [1.29, 1.82) is 0 Å². The maximum absolute atomic E-state index is 6.22. The van der Waals surface area contributed by atoms with Crippen molar-refractivity contribution < 1.29 is 9.47 Å². The van der Waals surface area contributed by atoms with Gasteiger partial charge in [0, 0.05) is 12.1 Å². The first-order chi connectivity index (χ1) is 11.5. The van der Waals surface area contributed by atoms with E-state index in [2.05, 4.69) is 35.2 Å². The Hall–Kier alpha value is -2.30. The molecular weight excluding hydrogens is 302 g/mol. The third kappa shape index (κ3) is 3.61. The van der Waals surface area contributed by atoms with Crippen LogP contribution in [0.5, 0.6) is 17.2 Å². The van der Waals surface area contributed by atoms with Gasteiger partial charge in [-0.15, -0.1) is 0 Å². The highest BCUT2D eigenvalue weighted by atomic mass is 16.5. The van der Waals surface area contributed by atoms with Gasteiger partial charge in [-0.3, -0.25) is 0 Å². The summed E-state index contributed by atoms with van der Waals surface area (Å²) in [4.78, 5) is 8.80. The molecule has 24 heavy (non-hydrogen) atoms. The second kappa shape index (κ2) is 6.67. The zero-order chi connectivity index (χ0) is 17.3. The fourth-order valence-electron chi connectivity index (χ4n) is 2.63. The quantitative estimate of drug-likeness (QED) is 0.841. The summed E-state index contributed by atoms with van der Waals surface area (Å²) in [5, 5.41) is 3.43. The Morgan fingerprint density at radius 2 is 1.88 bits per heavy atom. The number of aryl methyl sites for hydroxylation is 2. The van der Waals surface area contributed by atoms with Gasteiger partial charge in [0.05, 0.1) is 13.3 Å². The number of benzene rings is 1. The van der Waals surface area contributed by atoms with Crippen molar-refractivity contribution in [2.24, 2.45) is 0 Å². The molecule has 1 heterocycles. The molecule has 0 amide bonds. The summed E-state index contributed by atoms with van der Waals surface area (Å²) in [5.41, 5.74) is 2.25. The Bertz CT molecular complexity index is 740. The number of rotatable bonds is 6. The molecular formula is C19H25N3O2. The minimum Gasteiger partial charge on any atom is -0.496 e. The second-order valence-electron chi connectivity index (χ2n) is 6.67. The molecule has 0 spiro atoms. The smallest absolute Gasteiger partial charge is 0.187 e. The summed E-state index contributed by atoms with van der Waals surface area (Å²) in [6.07, 6.45) is 4.10. The summed E-state index contributed by atoms with van der Waals surface area (Å²) in [6.45, 7) is 8.24. The van der Waals surface area contributed by atoms with Gasteiger partial charge in [0.2, 0.25) is 0 Å². The maximum Gasteiger partial charge on any atom is 0.187 e. The van der Waals surface area contributed by atoms with E-state index in [0.717, 1.165) is 34.3 Å². The molecule has 5 heteroatoms. The second-order valence-corrected chi connectivity index (χ2v) is 6.67. The van der Waals surface area contributed by atoms with E-state index < -0.39 is 0 Å². The minimum atomic E-state index is 0.343. The van der Waals surface area contributed by atoms with E-state index in [1.165, 1.54) is 12.8 Å². The van der Waals surface area contributed by atoms with E-state index in [4.69, 9.17) is 9.47 Å². The van der Waals surface area contributed by atoms with Gasteiger partial charge in [0.1, 0.15) is 17.3 Å². The van der Waals surface area contributed by atoms with Crippen LogP contribution in [0.2, 0.25) is 0 Å². The number of ether oxygens (including phenoxy) is 2. The molecule has 128 valence electrons. The summed E-state index contributed by atoms with van der Waals surface area (Å²) in [5.74, 6) is 4.10. The van der Waals surface area contributed by atoms with Crippen LogP contribution in [0.1, 0.15) is 49.6 Å². The van der Waals surface area contributed by atoms with E-state index in [1.54, 1.807) is 13.3 Å². The summed E-state index contributed by atoms with van der Waals surface area (Å²) in [6, 6.07) is 4.58. The first-order valence-electron chi connectivity index (χ1n) is 8.44. The van der Waals surface area contributed by atoms with Crippen LogP contribution >= 0.6 is 0 Å². The lowest BCUT2D eigenvalue weighted by Crippen LogP contribution is -2.07. The zero-order valence-electron chi connectivity index (χ0n) is 15.0. The van der Waals surface area contributed by atoms with Gasteiger partial charge in [0.25, 0.3) is 0 Å². The predicted octanol–water partition coefficient (Wildman–Crippen LogP) is 4.59. The van der Waals surface area contributed by atoms with Crippen LogP contribution in [0.4, 0.5) is 5.82 Å². The third-order valence-corrected chi connectivity index (χ3v) is 4.16. The van der Waals surface area contributed by atoms with Gasteiger partial charge in [-0.05, 0) is 49.8 Å². The molecule has 2 aromatic rings. The van der Waals surface area contributed by atoms with E-state index in [0.29, 0.717) is 17.7 Å². The van der Waals surface area contributed by atoms with Crippen LogP contribution in [-0.2, 0) is 0 Å². The van der Waals surface area contributed by atoms with Gasteiger partial charge in [-0.2, -0.15) is 0 Å². The highest BCUT2D eigenvalue weighted by Gasteiger charge is 2.24. The molecule has 0 atom stereocenters. The molecule has 1 aromatic carbocycles. The lowest BCUT2D eigenvalue weighted by atomic mass is 9.99. The molecule has 0 unspecified atom stereocenters. The SMILES string of the molecule is COc1cc(Oc2cnc(C)nc2NC2CC2)c(C(C)C)cc1C. The van der Waals surface area contributed by atoms with Crippen LogP contribution in [0.15, 0.2) is 18.3 Å². The summed E-state index contributed by atoms with van der Waals surface area (Å²) in [7, 11) is 1.68. The van der Waals surface area contributed by atoms with Gasteiger partial charge >= 0.3 is 0 Å². The van der Waals surface area contributed by atoms with Gasteiger partial charge in [-0.1, -0.05) is 13.8 Å². The first-order valence-corrected chi connectivity index (χ1v) is 8.44. The minimum absolute atomic E-state index is 0.343. The summed E-state index contributed by atoms with van der Waals surface area (Å²) >= 11 is 0. The lowest BCUT2D eigenvalue weighted by Gasteiger charge is -2.18. The topological polar surface area (TPSA) is 56.3 Å². The Morgan fingerprint density at radius 1 is 1.12 bits per heavy atom.